The molecule has 56 heavy (non-hydrogen) atoms. The van der Waals surface area contributed by atoms with Crippen LogP contribution >= 0.6 is 15.6 Å². The maximum Gasteiger partial charge on any atom is 0.472 e. The van der Waals surface area contributed by atoms with Gasteiger partial charge in [-0.25, -0.2) is 23.9 Å². The number of anilines is 1. The Kier molecular flexibility index (Phi) is 16.4. The summed E-state index contributed by atoms with van der Waals surface area (Å²) in [6, 6.07) is 1.22. The van der Waals surface area contributed by atoms with Crippen molar-refractivity contribution in [3.63, 3.8) is 0 Å². The van der Waals surface area contributed by atoms with Crippen molar-refractivity contribution in [3.8, 4) is 0 Å². The number of hydrogen-bond acceptors (Lipinski definition) is 18. The minimum Gasteiger partial charge on any atom is -0.387 e. The number of aromatic amines is 1. The molecule has 3 saturated heterocycles. The van der Waals surface area contributed by atoms with Crippen LogP contribution in [0.25, 0.3) is 11.2 Å². The lowest BCUT2D eigenvalue weighted by molar-refractivity contribution is -0.0693. The number of nitrogen functional groups attached to an aromatic ring is 1. The van der Waals surface area contributed by atoms with Crippen molar-refractivity contribution in [2.24, 2.45) is 0 Å². The standard InChI is InChI=1S/C19H23N7O14P2.2C6H15N/c20-9-1-2-25(19(30)24-9)18-14-11(27)7(37-18)3-35-41(31,32)39-13-8(4-36-42(33,34)40-14)38-17(12(13)28)26-6-23-10-15(26)21-5-22-16(10)29;2*1-4-7(5-2)6-3/h1-2,5-8,11-14,17-18,27-28H,3-4H2,(H,31,32)(H,33,34)(H2,20,24,30)(H,21,22,29);2*4-6H2,1-3H3/t7-,8-,11-,12-,13-,14-,17-,18-;;/m1../s1. The Morgan fingerprint density at radius 3 is 1.88 bits per heavy atom. The number of aromatic nitrogens is 6. The van der Waals surface area contributed by atoms with Gasteiger partial charge >= 0.3 is 21.3 Å². The number of phosphoric ester groups is 2. The molecule has 3 aliphatic rings. The third-order valence-corrected chi connectivity index (χ3v) is 11.4. The second-order valence-electron chi connectivity index (χ2n) is 12.6. The van der Waals surface area contributed by atoms with Gasteiger partial charge in [-0.3, -0.25) is 32.0 Å². The van der Waals surface area contributed by atoms with Crippen LogP contribution in [-0.2, 0) is 36.7 Å². The van der Waals surface area contributed by atoms with E-state index in [9.17, 15) is 38.7 Å². The van der Waals surface area contributed by atoms with Gasteiger partial charge in [0.05, 0.1) is 25.9 Å². The van der Waals surface area contributed by atoms with E-state index in [0.717, 1.165) is 28.0 Å². The van der Waals surface area contributed by atoms with Crippen LogP contribution in [0.5, 0.6) is 0 Å². The molecule has 0 radical (unpaired) electrons. The van der Waals surface area contributed by atoms with Gasteiger partial charge in [-0.2, -0.15) is 4.98 Å². The fraction of sp³-hybridized carbons (Fsp3) is 0.710. The first kappa shape index (κ1) is 45.7. The number of fused-ring (bicyclic) bond motifs is 4. The highest BCUT2D eigenvalue weighted by Crippen LogP contribution is 2.53. The fourth-order valence-electron chi connectivity index (χ4n) is 6.12. The molecule has 3 fully saturated rings. The molecule has 2 unspecified atom stereocenters. The van der Waals surface area contributed by atoms with Crippen molar-refractivity contribution in [1.82, 2.24) is 38.9 Å². The first-order chi connectivity index (χ1) is 26.5. The average molecular weight is 838 g/mol. The molecule has 0 aliphatic carbocycles. The van der Waals surface area contributed by atoms with E-state index < -0.39 is 89.2 Å². The summed E-state index contributed by atoms with van der Waals surface area (Å²) in [6.07, 6.45) is -9.66. The highest BCUT2D eigenvalue weighted by atomic mass is 31.2. The molecule has 3 aromatic rings. The summed E-state index contributed by atoms with van der Waals surface area (Å²) >= 11 is 0. The zero-order valence-electron chi connectivity index (χ0n) is 32.1. The van der Waals surface area contributed by atoms with E-state index in [0.29, 0.717) is 0 Å². The van der Waals surface area contributed by atoms with Gasteiger partial charge in [0.25, 0.3) is 5.56 Å². The van der Waals surface area contributed by atoms with Crippen LogP contribution in [0.1, 0.15) is 54.0 Å². The van der Waals surface area contributed by atoms with Crippen LogP contribution in [0.4, 0.5) is 5.82 Å². The lowest BCUT2D eigenvalue weighted by Gasteiger charge is -2.25. The van der Waals surface area contributed by atoms with Gasteiger partial charge in [0, 0.05) is 6.20 Å². The lowest BCUT2D eigenvalue weighted by Crippen LogP contribution is -2.38. The number of nitrogens with two attached hydrogens (primary N) is 1. The topological polar surface area (TPSA) is 301 Å². The summed E-state index contributed by atoms with van der Waals surface area (Å²) in [4.78, 5) is 64.0. The Morgan fingerprint density at radius 1 is 0.804 bits per heavy atom. The number of aliphatic hydroxyl groups is 2. The molecule has 0 aromatic carbocycles. The van der Waals surface area contributed by atoms with Crippen LogP contribution < -0.4 is 17.0 Å². The van der Waals surface area contributed by atoms with Gasteiger partial charge in [0.15, 0.2) is 23.6 Å². The molecule has 3 aliphatic heterocycles. The van der Waals surface area contributed by atoms with Crippen LogP contribution in [0.3, 0.4) is 0 Å². The molecule has 0 saturated carbocycles. The third-order valence-electron chi connectivity index (χ3n) is 9.38. The molecule has 6 rings (SSSR count). The first-order valence-corrected chi connectivity index (χ1v) is 21.2. The van der Waals surface area contributed by atoms with Crippen LogP contribution in [0.2, 0.25) is 0 Å². The number of nitrogens with zero attached hydrogens (tertiary/aromatic N) is 7. The second-order valence-corrected chi connectivity index (χ2v) is 15.4. The molecule has 2 bridgehead atoms. The maximum atomic E-state index is 13.0. The van der Waals surface area contributed by atoms with Crippen molar-refractivity contribution in [3.05, 3.63) is 45.8 Å². The van der Waals surface area contributed by atoms with Gasteiger partial charge in [-0.05, 0) is 45.3 Å². The Labute approximate surface area is 322 Å². The summed E-state index contributed by atoms with van der Waals surface area (Å²) in [6.45, 7) is 18.5. The number of hydrogen-bond donors (Lipinski definition) is 6. The van der Waals surface area contributed by atoms with Gasteiger partial charge in [-0.15, -0.1) is 0 Å². The van der Waals surface area contributed by atoms with Gasteiger partial charge < -0.3 is 50.0 Å². The molecule has 316 valence electrons. The van der Waals surface area contributed by atoms with Crippen LogP contribution in [0.15, 0.2) is 34.5 Å². The van der Waals surface area contributed by atoms with Crippen molar-refractivity contribution in [2.45, 2.75) is 90.6 Å². The zero-order valence-corrected chi connectivity index (χ0v) is 33.8. The average Bonchev–Trinajstić information content (AvgIpc) is 3.82. The van der Waals surface area contributed by atoms with E-state index in [1.807, 2.05) is 0 Å². The number of ether oxygens (including phenoxy) is 2. The van der Waals surface area contributed by atoms with Crippen molar-refractivity contribution in [1.29, 1.82) is 0 Å². The lowest BCUT2D eigenvalue weighted by atomic mass is 10.1. The largest absolute Gasteiger partial charge is 0.472 e. The Bertz CT molecular complexity index is 1900. The minimum absolute atomic E-state index is 0.0155. The summed E-state index contributed by atoms with van der Waals surface area (Å²) in [5.74, 6) is -0.137. The smallest absolute Gasteiger partial charge is 0.387 e. The summed E-state index contributed by atoms with van der Waals surface area (Å²) in [5, 5.41) is 21.8. The molecule has 0 amide bonds. The van der Waals surface area contributed by atoms with E-state index in [1.54, 1.807) is 0 Å². The molecule has 0 spiro atoms. The van der Waals surface area contributed by atoms with E-state index >= 15 is 0 Å². The fourth-order valence-corrected chi connectivity index (χ4v) is 8.02. The Hall–Kier alpha value is -2.99. The molecule has 6 heterocycles. The number of aliphatic hydroxyl groups excluding tert-OH is 2. The quantitative estimate of drug-likeness (QED) is 0.165. The predicted octanol–water partition coefficient (Wildman–Crippen LogP) is 0.190. The predicted molar refractivity (Wildman–Crippen MR) is 199 cm³/mol. The molecule has 25 heteroatoms. The molecule has 10 atom stereocenters. The van der Waals surface area contributed by atoms with Gasteiger partial charge in [0.2, 0.25) is 0 Å². The second kappa shape index (κ2) is 20.1. The summed E-state index contributed by atoms with van der Waals surface area (Å²) in [5.41, 5.74) is 3.84. The van der Waals surface area contributed by atoms with E-state index in [2.05, 4.69) is 71.3 Å². The minimum atomic E-state index is -5.11. The van der Waals surface area contributed by atoms with E-state index in [-0.39, 0.29) is 17.0 Å². The highest BCUT2D eigenvalue weighted by molar-refractivity contribution is 7.47. The van der Waals surface area contributed by atoms with Crippen molar-refractivity contribution in [2.75, 3.05) is 58.2 Å². The molecular weight excluding hydrogens is 784 g/mol. The highest BCUT2D eigenvalue weighted by Gasteiger charge is 2.53. The number of rotatable bonds is 8. The molecule has 3 aromatic heterocycles. The van der Waals surface area contributed by atoms with Crippen LogP contribution in [-0.4, -0.2) is 148 Å². The SMILES string of the molecule is CCN(CC)CC.CCN(CC)CC.Nc1ccn([C@@H]2O[C@@H]3COP(=O)(O)O[C@H]4[C@@H](O)[C@H](n5cnc6c(=O)[nH]cnc65)O[C@@H]4COP(=O)(O)O[C@@H]2[C@@H]3O)c(=O)n1. The van der Waals surface area contributed by atoms with Crippen molar-refractivity contribution < 1.29 is 56.7 Å². The first-order valence-electron chi connectivity index (χ1n) is 18.2. The number of H-pyrrole nitrogens is 1. The molecule has 7 N–H and O–H groups in total. The number of phosphoric acid groups is 2. The third kappa shape index (κ3) is 11.1. The number of imidazole rings is 1. The zero-order chi connectivity index (χ0) is 41.4. The normalized spacial score (nSPS) is 32.1. The summed E-state index contributed by atoms with van der Waals surface area (Å²) in [7, 11) is -10.2. The van der Waals surface area contributed by atoms with E-state index in [4.69, 9.17) is 33.3 Å². The van der Waals surface area contributed by atoms with Gasteiger partial charge in [-0.1, -0.05) is 41.5 Å². The van der Waals surface area contributed by atoms with Crippen LogP contribution in [0, 0.1) is 0 Å². The van der Waals surface area contributed by atoms with E-state index in [1.165, 1.54) is 45.3 Å². The number of nitrogens with one attached hydrogen (secondary N) is 1. The maximum absolute atomic E-state index is 13.0. The summed E-state index contributed by atoms with van der Waals surface area (Å²) < 4.78 is 59.7. The molecular formula is C31H53N9O14P2. The van der Waals surface area contributed by atoms with Crippen molar-refractivity contribution >= 4 is 32.6 Å². The molecule has 23 nitrogen and oxygen atoms in total. The van der Waals surface area contributed by atoms with Gasteiger partial charge in [0.1, 0.15) is 42.4 Å². The Balaban J connectivity index is 0.000000425. The Morgan fingerprint density at radius 2 is 1.34 bits per heavy atom. The monoisotopic (exact) mass is 837 g/mol.